The molecule has 2 unspecified atom stereocenters. The van der Waals surface area contributed by atoms with Gasteiger partial charge in [0.15, 0.2) is 0 Å². The predicted molar refractivity (Wildman–Crippen MR) is 127 cm³/mol. The molecule has 1 aliphatic heterocycles. The third kappa shape index (κ3) is 5.23. The van der Waals surface area contributed by atoms with Crippen molar-refractivity contribution in [2.24, 2.45) is 5.73 Å². The van der Waals surface area contributed by atoms with Gasteiger partial charge in [0.25, 0.3) is 0 Å². The number of anilines is 5. The highest BCUT2D eigenvalue weighted by molar-refractivity contribution is 9.09. The summed E-state index contributed by atoms with van der Waals surface area (Å²) < 4.78 is 0. The number of benzene rings is 1. The van der Waals surface area contributed by atoms with Gasteiger partial charge in [0.2, 0.25) is 11.9 Å². The Labute approximate surface area is 187 Å². The first-order valence-electron chi connectivity index (χ1n) is 10.0. The van der Waals surface area contributed by atoms with Crippen molar-refractivity contribution in [3.05, 3.63) is 29.8 Å². The molecule has 5 N–H and O–H groups in total. The Morgan fingerprint density at radius 2 is 2.00 bits per heavy atom. The first-order valence-corrected chi connectivity index (χ1v) is 11.0. The Morgan fingerprint density at radius 3 is 2.67 bits per heavy atom. The minimum absolute atomic E-state index is 0.0217. The van der Waals surface area contributed by atoms with E-state index in [0.717, 1.165) is 48.6 Å². The SMILES string of the molecule is [B]C1Nc2nc(Nc3ccc(N(C)C(C)=O)cc3)nc(NCCCCCN)c2C1Br. The summed E-state index contributed by atoms with van der Waals surface area (Å²) in [6.45, 7) is 3.04. The zero-order chi connectivity index (χ0) is 21.7. The minimum atomic E-state index is -0.274. The number of carbonyl (C=O) groups excluding carboxylic acids is 1. The van der Waals surface area contributed by atoms with Gasteiger partial charge in [-0.25, -0.2) is 0 Å². The second kappa shape index (κ2) is 10.1. The van der Waals surface area contributed by atoms with Crippen LogP contribution < -0.4 is 26.6 Å². The van der Waals surface area contributed by atoms with Crippen molar-refractivity contribution >= 4 is 58.6 Å². The molecule has 1 amide bonds. The highest BCUT2D eigenvalue weighted by Gasteiger charge is 2.31. The number of halogens is 1. The van der Waals surface area contributed by atoms with Crippen molar-refractivity contribution in [2.45, 2.75) is 37.0 Å². The van der Waals surface area contributed by atoms with Crippen LogP contribution in [0.2, 0.25) is 0 Å². The van der Waals surface area contributed by atoms with Gasteiger partial charge in [0, 0.05) is 37.8 Å². The normalized spacial score (nSPS) is 17.2. The summed E-state index contributed by atoms with van der Waals surface area (Å²) in [4.78, 5) is 22.3. The van der Waals surface area contributed by atoms with Crippen LogP contribution in [0.25, 0.3) is 0 Å². The molecule has 2 atom stereocenters. The van der Waals surface area contributed by atoms with Crippen LogP contribution in [0.15, 0.2) is 24.3 Å². The number of nitrogens with one attached hydrogen (secondary N) is 3. The molecule has 1 aliphatic rings. The number of nitrogens with two attached hydrogens (primary N) is 1. The molecule has 0 bridgehead atoms. The number of hydrogen-bond donors (Lipinski definition) is 4. The standard InChI is InChI=1S/C20H27BBrN7O/c1-12(30)29(2)14-8-6-13(7-9-14)25-20-27-18(24-11-5-3-4-10-23)15-16(22)17(21)26-19(15)28-20/h6-9,16-17H,3-5,10-11,23H2,1-2H3,(H3,24,25,26,27,28). The first kappa shape index (κ1) is 22.4. The molecule has 158 valence electrons. The number of nitrogens with zero attached hydrogens (tertiary/aromatic N) is 3. The largest absolute Gasteiger partial charge is 0.374 e. The van der Waals surface area contributed by atoms with Crippen molar-refractivity contribution in [1.29, 1.82) is 0 Å². The molecule has 10 heteroatoms. The van der Waals surface area contributed by atoms with Gasteiger partial charge in [-0.3, -0.25) is 4.79 Å². The van der Waals surface area contributed by atoms with Gasteiger partial charge in [0.05, 0.1) is 10.4 Å². The van der Waals surface area contributed by atoms with E-state index in [1.807, 2.05) is 24.3 Å². The summed E-state index contributed by atoms with van der Waals surface area (Å²) in [6, 6.07) is 7.52. The van der Waals surface area contributed by atoms with Gasteiger partial charge in [-0.15, -0.1) is 0 Å². The van der Waals surface area contributed by atoms with E-state index in [9.17, 15) is 4.79 Å². The second-order valence-corrected chi connectivity index (χ2v) is 8.24. The Kier molecular flexibility index (Phi) is 7.55. The molecule has 2 aromatic rings. The van der Waals surface area contributed by atoms with Crippen LogP contribution in [-0.4, -0.2) is 49.8 Å². The lowest BCUT2D eigenvalue weighted by Gasteiger charge is -2.16. The van der Waals surface area contributed by atoms with Crippen LogP contribution in [-0.2, 0) is 4.79 Å². The van der Waals surface area contributed by atoms with Crippen LogP contribution in [0, 0.1) is 0 Å². The van der Waals surface area contributed by atoms with E-state index in [2.05, 4.69) is 41.8 Å². The lowest BCUT2D eigenvalue weighted by Crippen LogP contribution is -2.22. The molecule has 1 aromatic heterocycles. The van der Waals surface area contributed by atoms with Gasteiger partial charge in [0.1, 0.15) is 19.5 Å². The number of rotatable bonds is 9. The Hall–Kier alpha value is -2.33. The summed E-state index contributed by atoms with van der Waals surface area (Å²) in [7, 11) is 7.89. The van der Waals surface area contributed by atoms with Gasteiger partial charge in [-0.2, -0.15) is 9.97 Å². The van der Waals surface area contributed by atoms with Crippen LogP contribution in [0.3, 0.4) is 0 Å². The molecular weight excluding hydrogens is 445 g/mol. The molecular formula is C20H27BBrN7O. The summed E-state index contributed by atoms with van der Waals surface area (Å²) in [5.74, 6) is 1.63. The number of hydrogen-bond acceptors (Lipinski definition) is 7. The number of amides is 1. The maximum atomic E-state index is 11.5. The zero-order valence-electron chi connectivity index (χ0n) is 17.3. The second-order valence-electron chi connectivity index (χ2n) is 7.26. The summed E-state index contributed by atoms with van der Waals surface area (Å²) >= 11 is 3.64. The third-order valence-corrected chi connectivity index (χ3v) is 6.02. The molecule has 0 aliphatic carbocycles. The van der Waals surface area contributed by atoms with E-state index in [-0.39, 0.29) is 16.7 Å². The van der Waals surface area contributed by atoms with Crippen molar-refractivity contribution in [1.82, 2.24) is 9.97 Å². The molecule has 8 nitrogen and oxygen atoms in total. The Bertz CT molecular complexity index is 880. The van der Waals surface area contributed by atoms with Gasteiger partial charge in [-0.05, 0) is 43.7 Å². The van der Waals surface area contributed by atoms with Crippen LogP contribution in [0.5, 0.6) is 0 Å². The molecule has 2 heterocycles. The van der Waals surface area contributed by atoms with E-state index in [1.165, 1.54) is 6.92 Å². The highest BCUT2D eigenvalue weighted by Crippen LogP contribution is 2.42. The molecule has 1 aromatic carbocycles. The number of alkyl halides is 1. The molecule has 0 saturated carbocycles. The minimum Gasteiger partial charge on any atom is -0.374 e. The summed E-state index contributed by atoms with van der Waals surface area (Å²) in [6.07, 6.45) is 3.09. The maximum Gasteiger partial charge on any atom is 0.231 e. The van der Waals surface area contributed by atoms with Crippen molar-refractivity contribution in [3.8, 4) is 0 Å². The Balaban J connectivity index is 1.77. The lowest BCUT2D eigenvalue weighted by atomic mass is 9.93. The van der Waals surface area contributed by atoms with Gasteiger partial charge >= 0.3 is 0 Å². The third-order valence-electron chi connectivity index (χ3n) is 5.00. The fourth-order valence-corrected chi connectivity index (χ4v) is 3.74. The number of unbranched alkanes of at least 4 members (excludes halogenated alkanes) is 2. The van der Waals surface area contributed by atoms with E-state index in [0.29, 0.717) is 18.3 Å². The van der Waals surface area contributed by atoms with E-state index in [1.54, 1.807) is 11.9 Å². The van der Waals surface area contributed by atoms with Gasteiger partial charge < -0.3 is 26.6 Å². The monoisotopic (exact) mass is 471 g/mol. The fourth-order valence-electron chi connectivity index (χ4n) is 3.17. The molecule has 0 saturated heterocycles. The fraction of sp³-hybridized carbons (Fsp3) is 0.450. The van der Waals surface area contributed by atoms with Crippen LogP contribution in [0.4, 0.5) is 29.0 Å². The molecule has 2 radical (unpaired) electrons. The predicted octanol–water partition coefficient (Wildman–Crippen LogP) is 3.10. The van der Waals surface area contributed by atoms with Crippen molar-refractivity contribution < 1.29 is 4.79 Å². The van der Waals surface area contributed by atoms with Gasteiger partial charge in [-0.1, -0.05) is 22.4 Å². The number of carbonyl (C=O) groups is 1. The average Bonchev–Trinajstić information content (AvgIpc) is 3.01. The molecule has 3 rings (SSSR count). The van der Waals surface area contributed by atoms with Crippen LogP contribution >= 0.6 is 15.9 Å². The van der Waals surface area contributed by atoms with E-state index < -0.39 is 0 Å². The van der Waals surface area contributed by atoms with E-state index >= 15 is 0 Å². The smallest absolute Gasteiger partial charge is 0.231 e. The Morgan fingerprint density at radius 1 is 1.27 bits per heavy atom. The highest BCUT2D eigenvalue weighted by atomic mass is 79.9. The molecule has 0 spiro atoms. The average molecular weight is 472 g/mol. The summed E-state index contributed by atoms with van der Waals surface area (Å²) in [5.41, 5.74) is 8.14. The number of aromatic nitrogens is 2. The van der Waals surface area contributed by atoms with E-state index in [4.69, 9.17) is 13.6 Å². The number of fused-ring (bicyclic) bond motifs is 1. The first-order chi connectivity index (χ1) is 14.4. The van der Waals surface area contributed by atoms with Crippen LogP contribution in [0.1, 0.15) is 36.6 Å². The quantitative estimate of drug-likeness (QED) is 0.253. The summed E-state index contributed by atoms with van der Waals surface area (Å²) in [5, 5.41) is 9.85. The zero-order valence-corrected chi connectivity index (χ0v) is 18.9. The molecule has 30 heavy (non-hydrogen) atoms. The van der Waals surface area contributed by atoms with Crippen molar-refractivity contribution in [3.63, 3.8) is 0 Å². The maximum absolute atomic E-state index is 11.5. The molecule has 0 fully saturated rings. The lowest BCUT2D eigenvalue weighted by molar-refractivity contribution is -0.116. The van der Waals surface area contributed by atoms with Crippen molar-refractivity contribution in [2.75, 3.05) is 41.0 Å². The topological polar surface area (TPSA) is 108 Å².